The Morgan fingerprint density at radius 2 is 1.89 bits per heavy atom. The summed E-state index contributed by atoms with van der Waals surface area (Å²) in [6, 6.07) is 9.98. The highest BCUT2D eigenvalue weighted by molar-refractivity contribution is 6.10. The number of hydrazine groups is 1. The number of aryl methyl sites for hydroxylation is 2. The van der Waals surface area contributed by atoms with E-state index in [4.69, 9.17) is 0 Å². The number of amides is 4. The number of rotatable bonds is 3. The number of hydrogen-bond donors (Lipinski definition) is 2. The molecular formula is C19H18N6O3. The highest BCUT2D eigenvalue weighted by atomic mass is 16.2. The van der Waals surface area contributed by atoms with Crippen molar-refractivity contribution in [3.05, 3.63) is 65.1 Å². The number of nitrogens with one attached hydrogen (secondary N) is 2. The summed E-state index contributed by atoms with van der Waals surface area (Å²) < 4.78 is 1.53. The number of urea groups is 1. The SMILES string of the molecule is Cc1cc(C)n2ncc(C(=O)NN3C(=O)N[C@](C)(c4ccccc4)C3=O)c2n1. The van der Waals surface area contributed by atoms with Crippen molar-refractivity contribution in [2.45, 2.75) is 26.3 Å². The third-order valence-corrected chi connectivity index (χ3v) is 4.78. The average molecular weight is 378 g/mol. The van der Waals surface area contributed by atoms with Crippen LogP contribution in [0.2, 0.25) is 0 Å². The van der Waals surface area contributed by atoms with Gasteiger partial charge in [-0.2, -0.15) is 10.1 Å². The Morgan fingerprint density at radius 3 is 2.61 bits per heavy atom. The van der Waals surface area contributed by atoms with Gasteiger partial charge in [0.05, 0.1) is 6.20 Å². The molecule has 0 aliphatic carbocycles. The van der Waals surface area contributed by atoms with Crippen LogP contribution in [0.15, 0.2) is 42.6 Å². The Morgan fingerprint density at radius 1 is 1.18 bits per heavy atom. The number of aromatic nitrogens is 3. The Balaban J connectivity index is 1.64. The zero-order valence-corrected chi connectivity index (χ0v) is 15.6. The fraction of sp³-hybridized carbons (Fsp3) is 0.211. The van der Waals surface area contributed by atoms with Crippen molar-refractivity contribution in [2.24, 2.45) is 0 Å². The molecule has 0 unspecified atom stereocenters. The molecule has 0 radical (unpaired) electrons. The Bertz CT molecular complexity index is 1120. The van der Waals surface area contributed by atoms with Crippen molar-refractivity contribution in [2.75, 3.05) is 0 Å². The molecule has 4 amide bonds. The van der Waals surface area contributed by atoms with Gasteiger partial charge in [0.15, 0.2) is 5.65 Å². The highest BCUT2D eigenvalue weighted by Gasteiger charge is 2.50. The molecule has 28 heavy (non-hydrogen) atoms. The molecule has 2 aromatic heterocycles. The number of benzene rings is 1. The fourth-order valence-corrected chi connectivity index (χ4v) is 3.30. The van der Waals surface area contributed by atoms with E-state index in [1.165, 1.54) is 10.7 Å². The van der Waals surface area contributed by atoms with Gasteiger partial charge in [0.1, 0.15) is 11.1 Å². The summed E-state index contributed by atoms with van der Waals surface area (Å²) in [6.45, 7) is 5.25. The summed E-state index contributed by atoms with van der Waals surface area (Å²) in [4.78, 5) is 42.4. The predicted octanol–water partition coefficient (Wildman–Crippen LogP) is 1.46. The molecule has 4 rings (SSSR count). The normalized spacial score (nSPS) is 19.2. The lowest BCUT2D eigenvalue weighted by atomic mass is 9.92. The summed E-state index contributed by atoms with van der Waals surface area (Å²) in [6.07, 6.45) is 1.36. The molecule has 1 aromatic carbocycles. The van der Waals surface area contributed by atoms with Crippen LogP contribution in [0.3, 0.4) is 0 Å². The molecule has 3 aromatic rings. The minimum absolute atomic E-state index is 0.167. The second-order valence-corrected chi connectivity index (χ2v) is 6.84. The first kappa shape index (κ1) is 17.7. The van der Waals surface area contributed by atoms with Crippen LogP contribution in [0.4, 0.5) is 4.79 Å². The first-order valence-corrected chi connectivity index (χ1v) is 8.66. The van der Waals surface area contributed by atoms with Crippen molar-refractivity contribution in [1.29, 1.82) is 0 Å². The molecular weight excluding hydrogens is 360 g/mol. The number of imide groups is 1. The van der Waals surface area contributed by atoms with Crippen molar-refractivity contribution in [3.8, 4) is 0 Å². The van der Waals surface area contributed by atoms with Crippen LogP contribution in [0.5, 0.6) is 0 Å². The van der Waals surface area contributed by atoms with E-state index in [-0.39, 0.29) is 5.56 Å². The van der Waals surface area contributed by atoms with Gasteiger partial charge in [-0.15, -0.1) is 0 Å². The second-order valence-electron chi connectivity index (χ2n) is 6.84. The maximum Gasteiger partial charge on any atom is 0.344 e. The van der Waals surface area contributed by atoms with Crippen LogP contribution in [-0.2, 0) is 10.3 Å². The molecule has 1 aliphatic rings. The Kier molecular flexibility index (Phi) is 3.88. The summed E-state index contributed by atoms with van der Waals surface area (Å²) in [5.74, 6) is -1.22. The van der Waals surface area contributed by atoms with Crippen molar-refractivity contribution in [1.82, 2.24) is 30.3 Å². The Hall–Kier alpha value is -3.75. The molecule has 9 heteroatoms. The van der Waals surface area contributed by atoms with E-state index in [0.29, 0.717) is 16.2 Å². The van der Waals surface area contributed by atoms with E-state index in [1.54, 1.807) is 31.2 Å². The number of hydrogen-bond acceptors (Lipinski definition) is 5. The zero-order chi connectivity index (χ0) is 20.1. The number of carbonyl (C=O) groups is 3. The van der Waals surface area contributed by atoms with Gasteiger partial charge in [-0.05, 0) is 32.4 Å². The molecule has 2 N–H and O–H groups in total. The number of fused-ring (bicyclic) bond motifs is 1. The lowest BCUT2D eigenvalue weighted by Gasteiger charge is -2.22. The molecule has 0 bridgehead atoms. The Labute approximate surface area is 160 Å². The monoisotopic (exact) mass is 378 g/mol. The first-order chi connectivity index (χ1) is 13.3. The lowest BCUT2D eigenvalue weighted by Crippen LogP contribution is -2.47. The predicted molar refractivity (Wildman–Crippen MR) is 99.1 cm³/mol. The summed E-state index contributed by atoms with van der Waals surface area (Å²) in [7, 11) is 0. The molecule has 1 aliphatic heterocycles. The van der Waals surface area contributed by atoms with Crippen LogP contribution in [0, 0.1) is 13.8 Å². The largest absolute Gasteiger partial charge is 0.344 e. The van der Waals surface area contributed by atoms with Crippen molar-refractivity contribution in [3.63, 3.8) is 0 Å². The molecule has 0 spiro atoms. The molecule has 3 heterocycles. The summed E-state index contributed by atoms with van der Waals surface area (Å²) in [5, 5.41) is 7.49. The van der Waals surface area contributed by atoms with Gasteiger partial charge >= 0.3 is 6.03 Å². The molecule has 9 nitrogen and oxygen atoms in total. The van der Waals surface area contributed by atoms with E-state index in [0.717, 1.165) is 11.4 Å². The van der Waals surface area contributed by atoms with Gasteiger partial charge in [0.2, 0.25) is 0 Å². The zero-order valence-electron chi connectivity index (χ0n) is 15.6. The number of nitrogens with zero attached hydrogens (tertiary/aromatic N) is 4. The maximum absolute atomic E-state index is 12.9. The quantitative estimate of drug-likeness (QED) is 0.671. The standard InChI is InChI=1S/C19H18N6O3/c1-11-9-12(2)24-15(21-11)14(10-20-24)16(26)23-25-17(27)19(3,22-18(25)28)13-7-5-4-6-8-13/h4-10H,1-3H3,(H,22,28)(H,23,26)/t19-/m1/s1. The summed E-state index contributed by atoms with van der Waals surface area (Å²) in [5.41, 5.74) is 3.79. The van der Waals surface area contributed by atoms with E-state index in [2.05, 4.69) is 20.8 Å². The molecule has 0 saturated carbocycles. The van der Waals surface area contributed by atoms with Gasteiger partial charge in [-0.3, -0.25) is 15.0 Å². The number of carbonyl (C=O) groups excluding carboxylic acids is 3. The summed E-state index contributed by atoms with van der Waals surface area (Å²) >= 11 is 0. The van der Waals surface area contributed by atoms with Gasteiger partial charge in [0.25, 0.3) is 11.8 Å². The molecule has 1 atom stereocenters. The van der Waals surface area contributed by atoms with Crippen LogP contribution >= 0.6 is 0 Å². The van der Waals surface area contributed by atoms with Gasteiger partial charge in [-0.25, -0.2) is 14.3 Å². The molecule has 1 saturated heterocycles. The average Bonchev–Trinajstić information content (AvgIpc) is 3.18. The minimum Gasteiger partial charge on any atom is -0.318 e. The van der Waals surface area contributed by atoms with Crippen LogP contribution in [-0.4, -0.2) is 37.5 Å². The van der Waals surface area contributed by atoms with E-state index < -0.39 is 23.4 Å². The smallest absolute Gasteiger partial charge is 0.318 e. The second kappa shape index (κ2) is 6.15. The highest BCUT2D eigenvalue weighted by Crippen LogP contribution is 2.27. The lowest BCUT2D eigenvalue weighted by molar-refractivity contribution is -0.132. The van der Waals surface area contributed by atoms with E-state index in [9.17, 15) is 14.4 Å². The molecule has 142 valence electrons. The van der Waals surface area contributed by atoms with Crippen molar-refractivity contribution < 1.29 is 14.4 Å². The third-order valence-electron chi connectivity index (χ3n) is 4.78. The first-order valence-electron chi connectivity index (χ1n) is 8.66. The van der Waals surface area contributed by atoms with Crippen LogP contribution in [0.1, 0.15) is 34.2 Å². The van der Waals surface area contributed by atoms with Crippen LogP contribution < -0.4 is 10.7 Å². The van der Waals surface area contributed by atoms with E-state index in [1.807, 2.05) is 26.0 Å². The third kappa shape index (κ3) is 2.59. The molecule has 1 fully saturated rings. The maximum atomic E-state index is 12.9. The van der Waals surface area contributed by atoms with E-state index >= 15 is 0 Å². The van der Waals surface area contributed by atoms with Crippen LogP contribution in [0.25, 0.3) is 5.65 Å². The topological polar surface area (TPSA) is 109 Å². The van der Waals surface area contributed by atoms with Gasteiger partial charge < -0.3 is 5.32 Å². The van der Waals surface area contributed by atoms with Gasteiger partial charge in [0, 0.05) is 11.4 Å². The minimum atomic E-state index is -1.27. The van der Waals surface area contributed by atoms with Crippen molar-refractivity contribution >= 4 is 23.5 Å². The van der Waals surface area contributed by atoms with Gasteiger partial charge in [-0.1, -0.05) is 30.3 Å². The fourth-order valence-electron chi connectivity index (χ4n) is 3.30.